The molecule has 3 aromatic rings. The van der Waals surface area contributed by atoms with E-state index in [-0.39, 0.29) is 44.9 Å². The van der Waals surface area contributed by atoms with Crippen LogP contribution in [0.4, 0.5) is 10.5 Å². The normalized spacial score (nSPS) is 18.5. The second-order valence-corrected chi connectivity index (χ2v) is 15.8. The number of nitrogens with zero attached hydrogens (tertiary/aromatic N) is 2. The Kier molecular flexibility index (Phi) is 12.1. The number of amides is 3. The number of carbonyl (C=O) groups excluding carboxylic acids is 4. The minimum Gasteiger partial charge on any atom is -0.467 e. The highest BCUT2D eigenvalue weighted by molar-refractivity contribution is 7.89. The van der Waals surface area contributed by atoms with Gasteiger partial charge in [-0.25, -0.2) is 18.0 Å². The molecule has 3 atom stereocenters. The van der Waals surface area contributed by atoms with Crippen molar-refractivity contribution in [1.29, 1.82) is 0 Å². The smallest absolute Gasteiger partial charge is 0.407 e. The molecule has 2 aromatic carbocycles. The van der Waals surface area contributed by atoms with Crippen LogP contribution in [0.1, 0.15) is 50.0 Å². The topological polar surface area (TPSA) is 173 Å². The first-order valence-electron chi connectivity index (χ1n) is 15.2. The third-order valence-corrected chi connectivity index (χ3v) is 10.5. The highest BCUT2D eigenvalue weighted by atomic mass is 35.5. The molecule has 50 heavy (non-hydrogen) atoms. The van der Waals surface area contributed by atoms with E-state index in [2.05, 4.69) is 20.9 Å². The standard InChI is InChI=1S/C33H36Cl3N5O8S/c1-32(2,3)49-31(45)39-22-15-33(4,41(18-22)50(46,47)23-8-6-7-20(34)14-23)30(44)40-26(29(43)48-5)13-19-9-11-21(12-10-19)38-28(42)27-24(35)16-37-17-25(27)36/h6-12,14,16-17,22,26H,13,15,18H2,1-5H3,(H,38,42)(H,39,45)(H,40,44)/t22-,26+,33?/m1/s1. The van der Waals surface area contributed by atoms with Crippen molar-refractivity contribution >= 4 is 74.4 Å². The molecule has 0 bridgehead atoms. The fourth-order valence-electron chi connectivity index (χ4n) is 5.37. The summed E-state index contributed by atoms with van der Waals surface area (Å²) in [5, 5.41) is 8.33. The second kappa shape index (κ2) is 15.5. The molecular weight excluding hydrogens is 733 g/mol. The van der Waals surface area contributed by atoms with Gasteiger partial charge in [0.25, 0.3) is 5.91 Å². The molecule has 1 fully saturated rings. The highest BCUT2D eigenvalue weighted by Gasteiger charge is 2.54. The van der Waals surface area contributed by atoms with Crippen LogP contribution >= 0.6 is 34.8 Å². The lowest BCUT2D eigenvalue weighted by atomic mass is 9.96. The molecule has 268 valence electrons. The molecule has 3 N–H and O–H groups in total. The fourth-order valence-corrected chi connectivity index (χ4v) is 8.01. The number of sulfonamides is 1. The summed E-state index contributed by atoms with van der Waals surface area (Å²) in [6, 6.07) is 9.92. The van der Waals surface area contributed by atoms with Crippen LogP contribution in [0.2, 0.25) is 15.1 Å². The minimum atomic E-state index is -4.35. The van der Waals surface area contributed by atoms with Gasteiger partial charge in [-0.2, -0.15) is 4.31 Å². The number of halogens is 3. The molecule has 17 heteroatoms. The van der Waals surface area contributed by atoms with Gasteiger partial charge in [0.15, 0.2) is 0 Å². The Bertz CT molecular complexity index is 1870. The molecule has 1 aromatic heterocycles. The van der Waals surface area contributed by atoms with Crippen LogP contribution in [0.3, 0.4) is 0 Å². The van der Waals surface area contributed by atoms with Gasteiger partial charge in [-0.05, 0) is 70.0 Å². The molecule has 3 amide bonds. The van der Waals surface area contributed by atoms with Gasteiger partial charge in [0.05, 0.1) is 27.6 Å². The molecule has 1 aliphatic rings. The minimum absolute atomic E-state index is 0.0502. The predicted molar refractivity (Wildman–Crippen MR) is 188 cm³/mol. The van der Waals surface area contributed by atoms with Crippen LogP contribution in [0, 0.1) is 0 Å². The number of rotatable bonds is 10. The Labute approximate surface area is 305 Å². The Morgan fingerprint density at radius 1 is 1.04 bits per heavy atom. The molecule has 0 aliphatic carbocycles. The van der Waals surface area contributed by atoms with Crippen LogP contribution in [0.25, 0.3) is 0 Å². The Hall–Kier alpha value is -3.95. The van der Waals surface area contributed by atoms with Gasteiger partial charge in [0.2, 0.25) is 15.9 Å². The maximum absolute atomic E-state index is 14.1. The number of methoxy groups -OCH3 is 1. The lowest BCUT2D eigenvalue weighted by Crippen LogP contribution is -2.58. The van der Waals surface area contributed by atoms with E-state index >= 15 is 0 Å². The second-order valence-electron chi connectivity index (χ2n) is 12.7. The Morgan fingerprint density at radius 3 is 2.26 bits per heavy atom. The number of anilines is 1. The van der Waals surface area contributed by atoms with Crippen LogP contribution in [-0.2, 0) is 35.5 Å². The number of alkyl carbamates (subject to hydrolysis) is 1. The number of carbonyl (C=O) groups is 4. The lowest BCUT2D eigenvalue weighted by molar-refractivity contribution is -0.146. The monoisotopic (exact) mass is 767 g/mol. The SMILES string of the molecule is COC(=O)[C@H](Cc1ccc(NC(=O)c2c(Cl)cncc2Cl)cc1)NC(=O)C1(C)C[C@@H](NC(=O)OC(C)(C)C)CN1S(=O)(=O)c1cccc(Cl)c1. The first-order chi connectivity index (χ1) is 23.3. The van der Waals surface area contributed by atoms with Crippen molar-refractivity contribution in [2.45, 2.75) is 68.7 Å². The predicted octanol–water partition coefficient (Wildman–Crippen LogP) is 5.24. The van der Waals surface area contributed by atoms with Crippen LogP contribution < -0.4 is 16.0 Å². The van der Waals surface area contributed by atoms with Crippen LogP contribution in [0.5, 0.6) is 0 Å². The van der Waals surface area contributed by atoms with Gasteiger partial charge < -0.3 is 25.4 Å². The number of benzene rings is 2. The van der Waals surface area contributed by atoms with Gasteiger partial charge in [-0.1, -0.05) is 53.0 Å². The molecule has 1 saturated heterocycles. The first kappa shape index (κ1) is 38.8. The van der Waals surface area contributed by atoms with E-state index in [1.165, 1.54) is 43.6 Å². The number of hydrogen-bond donors (Lipinski definition) is 3. The lowest BCUT2D eigenvalue weighted by Gasteiger charge is -2.33. The third kappa shape index (κ3) is 9.23. The molecule has 1 unspecified atom stereocenters. The summed E-state index contributed by atoms with van der Waals surface area (Å²) < 4.78 is 39.2. The van der Waals surface area contributed by atoms with E-state index in [0.29, 0.717) is 11.3 Å². The Morgan fingerprint density at radius 2 is 1.68 bits per heavy atom. The molecular formula is C33H36Cl3N5O8S. The zero-order valence-corrected chi connectivity index (χ0v) is 30.8. The molecule has 0 saturated carbocycles. The number of esters is 1. The molecule has 13 nitrogen and oxygen atoms in total. The van der Waals surface area contributed by atoms with E-state index in [1.54, 1.807) is 45.0 Å². The number of hydrogen-bond acceptors (Lipinski definition) is 9. The summed E-state index contributed by atoms with van der Waals surface area (Å²) in [5.74, 6) is -2.15. The average molecular weight is 769 g/mol. The molecule has 4 rings (SSSR count). The van der Waals surface area contributed by atoms with Crippen molar-refractivity contribution in [3.8, 4) is 0 Å². The number of nitrogens with one attached hydrogen (secondary N) is 3. The maximum atomic E-state index is 14.1. The van der Waals surface area contributed by atoms with E-state index in [9.17, 15) is 27.6 Å². The van der Waals surface area contributed by atoms with Gasteiger partial charge in [0, 0.05) is 42.1 Å². The van der Waals surface area contributed by atoms with Crippen LogP contribution in [-0.4, -0.2) is 78.5 Å². The molecule has 1 aliphatic heterocycles. The summed E-state index contributed by atoms with van der Waals surface area (Å²) >= 11 is 18.3. The van der Waals surface area contributed by atoms with Gasteiger partial charge >= 0.3 is 12.1 Å². The first-order valence-corrected chi connectivity index (χ1v) is 17.8. The molecule has 0 radical (unpaired) electrons. The quantitative estimate of drug-likeness (QED) is 0.233. The fraction of sp³-hybridized carbons (Fsp3) is 0.364. The summed E-state index contributed by atoms with van der Waals surface area (Å²) in [7, 11) is -3.20. The van der Waals surface area contributed by atoms with E-state index in [4.69, 9.17) is 44.3 Å². The van der Waals surface area contributed by atoms with E-state index in [0.717, 1.165) is 11.4 Å². The zero-order valence-electron chi connectivity index (χ0n) is 27.8. The maximum Gasteiger partial charge on any atom is 0.407 e. The van der Waals surface area contributed by atoms with Crippen molar-refractivity contribution in [3.05, 3.63) is 87.1 Å². The summed E-state index contributed by atoms with van der Waals surface area (Å²) in [5.41, 5.74) is -1.59. The molecule has 2 heterocycles. The van der Waals surface area contributed by atoms with E-state index < -0.39 is 57.1 Å². The van der Waals surface area contributed by atoms with Crippen molar-refractivity contribution in [2.75, 3.05) is 19.0 Å². The van der Waals surface area contributed by atoms with Crippen molar-refractivity contribution in [2.24, 2.45) is 0 Å². The Balaban J connectivity index is 1.57. The average Bonchev–Trinajstić information content (AvgIpc) is 3.37. The van der Waals surface area contributed by atoms with Gasteiger partial charge in [-0.15, -0.1) is 0 Å². The number of pyridine rings is 1. The zero-order chi connectivity index (χ0) is 37.0. The van der Waals surface area contributed by atoms with Gasteiger partial charge in [0.1, 0.15) is 17.2 Å². The van der Waals surface area contributed by atoms with Crippen molar-refractivity contribution < 1.29 is 37.1 Å². The summed E-state index contributed by atoms with van der Waals surface area (Å²) in [4.78, 5) is 56.1. The number of ether oxygens (including phenoxy) is 2. The third-order valence-electron chi connectivity index (χ3n) is 7.70. The summed E-state index contributed by atoms with van der Waals surface area (Å²) in [6.45, 7) is 6.18. The largest absolute Gasteiger partial charge is 0.467 e. The highest BCUT2D eigenvalue weighted by Crippen LogP contribution is 2.36. The van der Waals surface area contributed by atoms with E-state index in [1.807, 2.05) is 0 Å². The number of aromatic nitrogens is 1. The van der Waals surface area contributed by atoms with Crippen LogP contribution in [0.15, 0.2) is 65.8 Å². The van der Waals surface area contributed by atoms with Gasteiger partial charge in [-0.3, -0.25) is 14.6 Å². The van der Waals surface area contributed by atoms with Crippen molar-refractivity contribution in [1.82, 2.24) is 19.9 Å². The molecule has 0 spiro atoms. The van der Waals surface area contributed by atoms with Crippen molar-refractivity contribution in [3.63, 3.8) is 0 Å². The summed E-state index contributed by atoms with van der Waals surface area (Å²) in [6.07, 6.45) is 1.60.